The van der Waals surface area contributed by atoms with E-state index in [0.29, 0.717) is 20.9 Å². The molecule has 0 atom stereocenters. The Hall–Kier alpha value is -1.73. The minimum atomic E-state index is 0.584. The Morgan fingerprint density at radius 2 is 1.75 bits per heavy atom. The van der Waals surface area contributed by atoms with E-state index >= 15 is 0 Å². The summed E-state index contributed by atoms with van der Waals surface area (Å²) in [7, 11) is 3.26. The van der Waals surface area contributed by atoms with E-state index in [4.69, 9.17) is 44.9 Å². The monoisotopic (exact) mass is 439 g/mol. The van der Waals surface area contributed by atoms with Crippen molar-refractivity contribution in [2.75, 3.05) is 45.7 Å². The molecule has 0 bridgehead atoms. The van der Waals surface area contributed by atoms with Gasteiger partial charge in [0.15, 0.2) is 5.11 Å². The lowest BCUT2D eigenvalue weighted by atomic mass is 10.2. The number of hydrogen-bond acceptors (Lipinski definition) is 4. The fourth-order valence-electron chi connectivity index (χ4n) is 3.10. The molecule has 28 heavy (non-hydrogen) atoms. The molecule has 1 aliphatic rings. The van der Waals surface area contributed by atoms with Gasteiger partial charge in [0.25, 0.3) is 0 Å². The second kappa shape index (κ2) is 9.65. The van der Waals surface area contributed by atoms with Gasteiger partial charge in [-0.05, 0) is 42.0 Å². The van der Waals surface area contributed by atoms with Gasteiger partial charge in [-0.15, -0.1) is 0 Å². The summed E-state index contributed by atoms with van der Waals surface area (Å²) in [5.74, 6) is 1.43. The molecule has 0 aromatic heterocycles. The quantitative estimate of drug-likeness (QED) is 0.689. The molecule has 1 N–H and O–H groups in total. The molecule has 0 unspecified atom stereocenters. The Balaban J connectivity index is 1.54. The molecule has 0 radical (unpaired) electrons. The second-order valence-corrected chi connectivity index (χ2v) is 7.71. The van der Waals surface area contributed by atoms with Crippen LogP contribution in [0.2, 0.25) is 10.0 Å². The molecule has 1 aliphatic heterocycles. The first-order valence-electron chi connectivity index (χ1n) is 8.94. The number of benzene rings is 2. The van der Waals surface area contributed by atoms with Crippen molar-refractivity contribution in [1.82, 2.24) is 9.80 Å². The van der Waals surface area contributed by atoms with Gasteiger partial charge < -0.3 is 19.7 Å². The zero-order valence-corrected chi connectivity index (χ0v) is 18.2. The first kappa shape index (κ1) is 21.0. The van der Waals surface area contributed by atoms with Crippen LogP contribution in [-0.4, -0.2) is 55.3 Å². The van der Waals surface area contributed by atoms with Crippen LogP contribution in [0.4, 0.5) is 5.69 Å². The van der Waals surface area contributed by atoms with Crippen LogP contribution in [0, 0.1) is 0 Å². The van der Waals surface area contributed by atoms with Crippen molar-refractivity contribution in [1.29, 1.82) is 0 Å². The Morgan fingerprint density at radius 3 is 2.39 bits per heavy atom. The van der Waals surface area contributed by atoms with E-state index in [0.717, 1.165) is 49.7 Å². The van der Waals surface area contributed by atoms with Gasteiger partial charge in [0, 0.05) is 38.8 Å². The van der Waals surface area contributed by atoms with E-state index in [-0.39, 0.29) is 0 Å². The summed E-state index contributed by atoms with van der Waals surface area (Å²) in [5.41, 5.74) is 1.98. The van der Waals surface area contributed by atoms with Crippen molar-refractivity contribution in [3.63, 3.8) is 0 Å². The number of thiocarbonyl (C=S) groups is 1. The van der Waals surface area contributed by atoms with Crippen LogP contribution >= 0.6 is 35.4 Å². The van der Waals surface area contributed by atoms with Gasteiger partial charge in [0.05, 0.1) is 30.0 Å². The molecule has 2 aromatic rings. The molecule has 1 fully saturated rings. The van der Waals surface area contributed by atoms with Crippen molar-refractivity contribution >= 4 is 46.2 Å². The Kier molecular flexibility index (Phi) is 7.24. The Bertz CT molecular complexity index is 842. The molecule has 0 amide bonds. The average Bonchev–Trinajstić information content (AvgIpc) is 2.71. The Morgan fingerprint density at radius 1 is 1.00 bits per heavy atom. The summed E-state index contributed by atoms with van der Waals surface area (Å²) < 4.78 is 10.7. The van der Waals surface area contributed by atoms with Crippen LogP contribution in [-0.2, 0) is 6.54 Å². The molecule has 1 saturated heterocycles. The predicted molar refractivity (Wildman–Crippen MR) is 119 cm³/mol. The number of anilines is 1. The van der Waals surface area contributed by atoms with Gasteiger partial charge in [0.2, 0.25) is 0 Å². The molecule has 150 valence electrons. The van der Waals surface area contributed by atoms with Crippen LogP contribution in [0.5, 0.6) is 11.5 Å². The topological polar surface area (TPSA) is 37.0 Å². The third-order valence-corrected chi connectivity index (χ3v) is 5.80. The van der Waals surface area contributed by atoms with E-state index in [2.05, 4.69) is 15.1 Å². The fraction of sp³-hybridized carbons (Fsp3) is 0.350. The summed E-state index contributed by atoms with van der Waals surface area (Å²) in [5, 5.41) is 5.16. The van der Waals surface area contributed by atoms with Crippen LogP contribution in [0.15, 0.2) is 36.4 Å². The molecular weight excluding hydrogens is 417 g/mol. The number of rotatable bonds is 5. The highest BCUT2D eigenvalue weighted by Crippen LogP contribution is 2.29. The molecular formula is C20H23Cl2N3O2S. The molecule has 8 heteroatoms. The Labute approximate surface area is 181 Å². The molecule has 2 aromatic carbocycles. The zero-order valence-electron chi connectivity index (χ0n) is 15.9. The number of nitrogens with one attached hydrogen (secondary N) is 1. The van der Waals surface area contributed by atoms with Gasteiger partial charge in [-0.2, -0.15) is 0 Å². The summed E-state index contributed by atoms with van der Waals surface area (Å²) in [6, 6.07) is 11.4. The van der Waals surface area contributed by atoms with E-state index in [1.54, 1.807) is 14.2 Å². The lowest BCUT2D eigenvalue weighted by Gasteiger charge is -2.36. The minimum Gasteiger partial charge on any atom is -0.497 e. The highest BCUT2D eigenvalue weighted by molar-refractivity contribution is 7.80. The third kappa shape index (κ3) is 5.20. The fourth-order valence-corrected chi connectivity index (χ4v) is 3.71. The number of methoxy groups -OCH3 is 2. The van der Waals surface area contributed by atoms with Crippen LogP contribution in [0.1, 0.15) is 5.56 Å². The first-order valence-corrected chi connectivity index (χ1v) is 10.1. The van der Waals surface area contributed by atoms with Gasteiger partial charge in [-0.25, -0.2) is 0 Å². The standard InChI is InChI=1S/C20H23Cl2N3O2S/c1-26-15-4-6-18(19(12-15)27-2)23-20(28)25-9-7-24(8-10-25)13-14-3-5-16(21)17(22)11-14/h3-6,11-12H,7-10,13H2,1-2H3,(H,23,28). The maximum Gasteiger partial charge on any atom is 0.173 e. The largest absolute Gasteiger partial charge is 0.497 e. The summed E-state index contributed by atoms with van der Waals surface area (Å²) in [6.07, 6.45) is 0. The van der Waals surface area contributed by atoms with Crippen molar-refractivity contribution < 1.29 is 9.47 Å². The highest BCUT2D eigenvalue weighted by Gasteiger charge is 2.20. The lowest BCUT2D eigenvalue weighted by molar-refractivity contribution is 0.177. The highest BCUT2D eigenvalue weighted by atomic mass is 35.5. The van der Waals surface area contributed by atoms with Crippen molar-refractivity contribution in [3.05, 3.63) is 52.0 Å². The molecule has 0 saturated carbocycles. The molecule has 1 heterocycles. The van der Waals surface area contributed by atoms with Crippen LogP contribution in [0.3, 0.4) is 0 Å². The smallest absolute Gasteiger partial charge is 0.173 e. The number of ether oxygens (including phenoxy) is 2. The number of nitrogens with zero attached hydrogens (tertiary/aromatic N) is 2. The van der Waals surface area contributed by atoms with Crippen LogP contribution in [0.25, 0.3) is 0 Å². The van der Waals surface area contributed by atoms with E-state index < -0.39 is 0 Å². The van der Waals surface area contributed by atoms with E-state index in [1.807, 2.05) is 36.4 Å². The van der Waals surface area contributed by atoms with Gasteiger partial charge in [0.1, 0.15) is 11.5 Å². The van der Waals surface area contributed by atoms with Crippen molar-refractivity contribution in [3.8, 4) is 11.5 Å². The van der Waals surface area contributed by atoms with Gasteiger partial charge in [-0.1, -0.05) is 29.3 Å². The molecule has 5 nitrogen and oxygen atoms in total. The maximum atomic E-state index is 6.11. The molecule has 0 spiro atoms. The summed E-state index contributed by atoms with van der Waals surface area (Å²) in [4.78, 5) is 4.55. The van der Waals surface area contributed by atoms with E-state index in [1.165, 1.54) is 0 Å². The summed E-state index contributed by atoms with van der Waals surface area (Å²) >= 11 is 17.7. The zero-order chi connectivity index (χ0) is 20.1. The maximum absolute atomic E-state index is 6.11. The van der Waals surface area contributed by atoms with Gasteiger partial charge in [-0.3, -0.25) is 4.90 Å². The van der Waals surface area contributed by atoms with Gasteiger partial charge >= 0.3 is 0 Å². The second-order valence-electron chi connectivity index (χ2n) is 6.51. The molecule has 0 aliphatic carbocycles. The SMILES string of the molecule is COc1ccc(NC(=S)N2CCN(Cc3ccc(Cl)c(Cl)c3)CC2)c(OC)c1. The number of piperazine rings is 1. The number of hydrogen-bond donors (Lipinski definition) is 1. The number of halogens is 2. The predicted octanol–water partition coefficient (Wildman–Crippen LogP) is 4.53. The normalized spacial score (nSPS) is 14.6. The van der Waals surface area contributed by atoms with Crippen LogP contribution < -0.4 is 14.8 Å². The third-order valence-electron chi connectivity index (χ3n) is 4.70. The average molecular weight is 440 g/mol. The summed E-state index contributed by atoms with van der Waals surface area (Å²) in [6.45, 7) is 4.39. The lowest BCUT2D eigenvalue weighted by Crippen LogP contribution is -2.49. The van der Waals surface area contributed by atoms with Crippen molar-refractivity contribution in [2.24, 2.45) is 0 Å². The molecule has 3 rings (SSSR count). The van der Waals surface area contributed by atoms with E-state index in [9.17, 15) is 0 Å². The minimum absolute atomic E-state index is 0.584. The first-order chi connectivity index (χ1) is 13.5. The van der Waals surface area contributed by atoms with Crippen molar-refractivity contribution in [2.45, 2.75) is 6.54 Å².